The molecule has 6 heteroatoms. The summed E-state index contributed by atoms with van der Waals surface area (Å²) < 4.78 is 0. The Balaban J connectivity index is 1.50. The Labute approximate surface area is 164 Å². The van der Waals surface area contributed by atoms with Crippen LogP contribution in [0.25, 0.3) is 0 Å². The summed E-state index contributed by atoms with van der Waals surface area (Å²) in [5.74, 6) is 1.10. The quantitative estimate of drug-likeness (QED) is 0.567. The van der Waals surface area contributed by atoms with Crippen molar-refractivity contribution in [3.8, 4) is 5.75 Å². The average molecular weight is 384 g/mol. The van der Waals surface area contributed by atoms with E-state index in [1.54, 1.807) is 23.9 Å². The van der Waals surface area contributed by atoms with E-state index in [0.29, 0.717) is 6.54 Å². The second-order valence-electron chi connectivity index (χ2n) is 6.42. The van der Waals surface area contributed by atoms with Gasteiger partial charge in [0, 0.05) is 42.5 Å². The van der Waals surface area contributed by atoms with Crippen LogP contribution in [0.3, 0.4) is 0 Å². The van der Waals surface area contributed by atoms with Gasteiger partial charge in [-0.25, -0.2) is 0 Å². The lowest BCUT2D eigenvalue weighted by Crippen LogP contribution is -2.48. The van der Waals surface area contributed by atoms with Crippen molar-refractivity contribution in [1.29, 1.82) is 0 Å². The van der Waals surface area contributed by atoms with Gasteiger partial charge in [-0.1, -0.05) is 18.2 Å². The molecule has 0 aromatic heterocycles. The molecule has 1 saturated heterocycles. The van der Waals surface area contributed by atoms with Gasteiger partial charge in [0.1, 0.15) is 5.75 Å². The van der Waals surface area contributed by atoms with Crippen molar-refractivity contribution in [1.82, 2.24) is 4.90 Å². The number of piperazine rings is 1. The summed E-state index contributed by atoms with van der Waals surface area (Å²) in [7, 11) is 0. The fraction of sp³-hybridized carbons (Fsp3) is 0.286. The molecule has 0 spiro atoms. The van der Waals surface area contributed by atoms with Crippen LogP contribution >= 0.6 is 11.8 Å². The van der Waals surface area contributed by atoms with Crippen molar-refractivity contribution in [3.63, 3.8) is 0 Å². The number of amides is 1. The number of thioether (sulfide) groups is 1. The van der Waals surface area contributed by atoms with Crippen LogP contribution in [0.2, 0.25) is 0 Å². The number of phenols is 1. The van der Waals surface area contributed by atoms with Crippen molar-refractivity contribution in [3.05, 3.63) is 61.2 Å². The first-order valence-corrected chi connectivity index (χ1v) is 10.0. The highest BCUT2D eigenvalue weighted by Gasteiger charge is 2.19. The average Bonchev–Trinajstić information content (AvgIpc) is 2.68. The zero-order valence-electron chi connectivity index (χ0n) is 15.3. The number of carbonyl (C=O) groups is 1. The predicted octanol–water partition coefficient (Wildman–Crippen LogP) is 3.43. The Morgan fingerprint density at radius 3 is 2.52 bits per heavy atom. The summed E-state index contributed by atoms with van der Waals surface area (Å²) in [6.45, 7) is 7.54. The summed E-state index contributed by atoms with van der Waals surface area (Å²) >= 11 is 1.66. The molecule has 1 aliphatic rings. The molecule has 1 heterocycles. The zero-order valence-corrected chi connectivity index (χ0v) is 16.1. The maximum Gasteiger partial charge on any atom is 0.238 e. The molecule has 142 valence electrons. The van der Waals surface area contributed by atoms with Crippen LogP contribution in [-0.2, 0) is 4.79 Å². The third-order valence-electron chi connectivity index (χ3n) is 4.47. The van der Waals surface area contributed by atoms with Crippen molar-refractivity contribution in [2.75, 3.05) is 48.7 Å². The largest absolute Gasteiger partial charge is 0.508 e. The highest BCUT2D eigenvalue weighted by Crippen LogP contribution is 2.27. The number of hydrogen-bond donors (Lipinski definition) is 2. The molecule has 27 heavy (non-hydrogen) atoms. The number of benzene rings is 2. The maximum absolute atomic E-state index is 12.5. The van der Waals surface area contributed by atoms with Gasteiger partial charge in [0.25, 0.3) is 0 Å². The molecule has 1 amide bonds. The molecular weight excluding hydrogens is 358 g/mol. The number of para-hydroxylation sites is 1. The number of rotatable bonds is 7. The Kier molecular flexibility index (Phi) is 6.79. The minimum atomic E-state index is 0.0136. The zero-order chi connectivity index (χ0) is 19.1. The van der Waals surface area contributed by atoms with E-state index >= 15 is 0 Å². The smallest absolute Gasteiger partial charge is 0.238 e. The molecule has 0 unspecified atom stereocenters. The van der Waals surface area contributed by atoms with E-state index in [9.17, 15) is 9.90 Å². The lowest BCUT2D eigenvalue weighted by Gasteiger charge is -2.35. The molecule has 2 aromatic rings. The van der Waals surface area contributed by atoms with Crippen molar-refractivity contribution in [2.45, 2.75) is 4.90 Å². The molecule has 0 atom stereocenters. The summed E-state index contributed by atoms with van der Waals surface area (Å²) in [5, 5.41) is 12.4. The first-order valence-electron chi connectivity index (χ1n) is 9.04. The van der Waals surface area contributed by atoms with Crippen LogP contribution in [-0.4, -0.2) is 54.4 Å². The molecule has 0 radical (unpaired) electrons. The molecule has 2 aromatic carbocycles. The first-order chi connectivity index (χ1) is 13.2. The van der Waals surface area contributed by atoms with E-state index < -0.39 is 0 Å². The Hall–Kier alpha value is -2.44. The lowest BCUT2D eigenvalue weighted by molar-refractivity contribution is -0.117. The van der Waals surface area contributed by atoms with Gasteiger partial charge in [-0.2, -0.15) is 0 Å². The van der Waals surface area contributed by atoms with Gasteiger partial charge < -0.3 is 15.3 Å². The number of anilines is 2. The minimum absolute atomic E-state index is 0.0136. The van der Waals surface area contributed by atoms with Crippen LogP contribution in [0.1, 0.15) is 0 Å². The van der Waals surface area contributed by atoms with E-state index in [0.717, 1.165) is 48.2 Å². The first kappa shape index (κ1) is 19.3. The third-order valence-corrected chi connectivity index (χ3v) is 5.54. The monoisotopic (exact) mass is 383 g/mol. The summed E-state index contributed by atoms with van der Waals surface area (Å²) in [4.78, 5) is 18.0. The molecule has 0 aliphatic carbocycles. The van der Waals surface area contributed by atoms with E-state index in [1.807, 2.05) is 42.5 Å². The van der Waals surface area contributed by atoms with Gasteiger partial charge in [0.05, 0.1) is 12.2 Å². The number of hydrogen-bond acceptors (Lipinski definition) is 5. The molecule has 5 nitrogen and oxygen atoms in total. The molecule has 0 bridgehead atoms. The topological polar surface area (TPSA) is 55.8 Å². The molecule has 0 saturated carbocycles. The van der Waals surface area contributed by atoms with Crippen LogP contribution in [0, 0.1) is 0 Å². The van der Waals surface area contributed by atoms with Gasteiger partial charge in [-0.3, -0.25) is 9.69 Å². The Morgan fingerprint density at radius 2 is 1.81 bits per heavy atom. The standard InChI is InChI=1S/C21H25N3O2S/c1-2-15-27-20-6-4-3-5-19(20)22-21(26)16-23-11-13-24(14-12-23)17-7-9-18(25)10-8-17/h2-10,25H,1,11-16H2,(H,22,26). The number of phenolic OH excluding ortho intramolecular Hbond substituents is 1. The van der Waals surface area contributed by atoms with Gasteiger partial charge in [-0.05, 0) is 36.4 Å². The fourth-order valence-electron chi connectivity index (χ4n) is 3.06. The lowest BCUT2D eigenvalue weighted by atomic mass is 10.2. The van der Waals surface area contributed by atoms with E-state index in [1.165, 1.54) is 0 Å². The van der Waals surface area contributed by atoms with Crippen LogP contribution in [0.5, 0.6) is 5.75 Å². The van der Waals surface area contributed by atoms with Crippen molar-refractivity contribution < 1.29 is 9.90 Å². The molecular formula is C21H25N3O2S. The molecule has 1 aliphatic heterocycles. The van der Waals surface area contributed by atoms with E-state index in [4.69, 9.17) is 0 Å². The maximum atomic E-state index is 12.5. The Morgan fingerprint density at radius 1 is 1.11 bits per heavy atom. The van der Waals surface area contributed by atoms with E-state index in [-0.39, 0.29) is 11.7 Å². The molecule has 1 fully saturated rings. The highest BCUT2D eigenvalue weighted by atomic mass is 32.2. The highest BCUT2D eigenvalue weighted by molar-refractivity contribution is 7.99. The number of nitrogens with one attached hydrogen (secondary N) is 1. The van der Waals surface area contributed by atoms with Gasteiger partial charge in [0.15, 0.2) is 0 Å². The van der Waals surface area contributed by atoms with Crippen molar-refractivity contribution in [2.24, 2.45) is 0 Å². The van der Waals surface area contributed by atoms with Gasteiger partial charge in [0.2, 0.25) is 5.91 Å². The summed E-state index contributed by atoms with van der Waals surface area (Å²) in [6.07, 6.45) is 1.86. The molecule has 2 N–H and O–H groups in total. The summed E-state index contributed by atoms with van der Waals surface area (Å²) in [5.41, 5.74) is 1.96. The molecule has 3 rings (SSSR count). The normalized spacial score (nSPS) is 14.7. The summed E-state index contributed by atoms with van der Waals surface area (Å²) in [6, 6.07) is 15.1. The SMILES string of the molecule is C=CCSc1ccccc1NC(=O)CN1CCN(c2ccc(O)cc2)CC1. The van der Waals surface area contributed by atoms with Gasteiger partial charge >= 0.3 is 0 Å². The van der Waals surface area contributed by atoms with Crippen molar-refractivity contribution >= 4 is 29.0 Å². The van der Waals surface area contributed by atoms with Crippen LogP contribution in [0.15, 0.2) is 66.1 Å². The fourth-order valence-corrected chi connectivity index (χ4v) is 3.81. The second kappa shape index (κ2) is 9.48. The minimum Gasteiger partial charge on any atom is -0.508 e. The predicted molar refractivity (Wildman–Crippen MR) is 113 cm³/mol. The Bertz CT molecular complexity index is 771. The number of nitrogens with zero attached hydrogens (tertiary/aromatic N) is 2. The van der Waals surface area contributed by atoms with Crippen LogP contribution in [0.4, 0.5) is 11.4 Å². The number of aromatic hydroxyl groups is 1. The van der Waals surface area contributed by atoms with E-state index in [2.05, 4.69) is 21.7 Å². The second-order valence-corrected chi connectivity index (χ2v) is 7.49. The van der Waals surface area contributed by atoms with Gasteiger partial charge in [-0.15, -0.1) is 18.3 Å². The number of carbonyl (C=O) groups excluding carboxylic acids is 1. The van der Waals surface area contributed by atoms with Crippen LogP contribution < -0.4 is 10.2 Å². The third kappa shape index (κ3) is 5.52.